The highest BCUT2D eigenvalue weighted by molar-refractivity contribution is 5.74. The topological polar surface area (TPSA) is 35.5 Å². The predicted molar refractivity (Wildman–Crippen MR) is 67.6 cm³/mol. The van der Waals surface area contributed by atoms with Gasteiger partial charge in [0.05, 0.1) is 6.61 Å². The highest BCUT2D eigenvalue weighted by Crippen LogP contribution is 2.10. The number of benzene rings is 1. The molecular formula is C14H18O3. The Morgan fingerprint density at radius 3 is 2.53 bits per heavy atom. The molecule has 0 saturated carbocycles. The van der Waals surface area contributed by atoms with Gasteiger partial charge < -0.3 is 9.47 Å². The molecule has 17 heavy (non-hydrogen) atoms. The number of carbonyl (C=O) groups excluding carboxylic acids is 1. The number of hydrogen-bond donors (Lipinski definition) is 0. The first kappa shape index (κ1) is 13.5. The summed E-state index contributed by atoms with van der Waals surface area (Å²) in [6.45, 7) is 5.48. The van der Waals surface area contributed by atoms with Crippen molar-refractivity contribution in [1.29, 1.82) is 0 Å². The minimum Gasteiger partial charge on any atom is -0.491 e. The number of unbranched alkanes of at least 4 members (excludes halogenated alkanes) is 1. The fourth-order valence-corrected chi connectivity index (χ4v) is 1.29. The van der Waals surface area contributed by atoms with E-state index in [1.54, 1.807) is 24.3 Å². The van der Waals surface area contributed by atoms with Crippen molar-refractivity contribution in [2.45, 2.75) is 12.8 Å². The molecule has 92 valence electrons. The van der Waals surface area contributed by atoms with E-state index < -0.39 is 0 Å². The molecule has 0 unspecified atom stereocenters. The third-order valence-electron chi connectivity index (χ3n) is 2.21. The Bertz CT molecular complexity index is 330. The van der Waals surface area contributed by atoms with Crippen LogP contribution in [0.25, 0.3) is 0 Å². The molecule has 0 heterocycles. The maximum atomic E-state index is 10.4. The van der Waals surface area contributed by atoms with Crippen LogP contribution in [0.15, 0.2) is 36.9 Å². The Labute approximate surface area is 102 Å². The summed E-state index contributed by atoms with van der Waals surface area (Å²) in [4.78, 5) is 10.4. The van der Waals surface area contributed by atoms with Crippen LogP contribution >= 0.6 is 0 Å². The van der Waals surface area contributed by atoms with Gasteiger partial charge in [0.1, 0.15) is 18.6 Å². The Morgan fingerprint density at radius 2 is 1.88 bits per heavy atom. The van der Waals surface area contributed by atoms with Crippen LogP contribution in [0.4, 0.5) is 0 Å². The molecule has 0 saturated heterocycles. The lowest BCUT2D eigenvalue weighted by molar-refractivity contribution is 0.0988. The smallest absolute Gasteiger partial charge is 0.150 e. The van der Waals surface area contributed by atoms with Crippen LogP contribution in [0.3, 0.4) is 0 Å². The summed E-state index contributed by atoms with van der Waals surface area (Å²) in [5.41, 5.74) is 0.651. The Kier molecular flexibility index (Phi) is 6.75. The van der Waals surface area contributed by atoms with Crippen LogP contribution in [0.5, 0.6) is 5.75 Å². The zero-order valence-corrected chi connectivity index (χ0v) is 9.93. The van der Waals surface area contributed by atoms with Gasteiger partial charge in [-0.15, -0.1) is 6.58 Å². The standard InChI is InChI=1S/C14H18O3/c1-2-3-4-9-16-10-11-17-14-7-5-13(12-15)6-8-14/h2,5-8,12H,1,3-4,9-11H2. The fourth-order valence-electron chi connectivity index (χ4n) is 1.29. The van der Waals surface area contributed by atoms with Crippen LogP contribution in [-0.4, -0.2) is 26.1 Å². The van der Waals surface area contributed by atoms with Gasteiger partial charge in [-0.3, -0.25) is 4.79 Å². The van der Waals surface area contributed by atoms with Crippen molar-refractivity contribution in [3.63, 3.8) is 0 Å². The third-order valence-corrected chi connectivity index (χ3v) is 2.21. The van der Waals surface area contributed by atoms with Crippen molar-refractivity contribution >= 4 is 6.29 Å². The summed E-state index contributed by atoms with van der Waals surface area (Å²) < 4.78 is 10.8. The van der Waals surface area contributed by atoms with Gasteiger partial charge in [-0.2, -0.15) is 0 Å². The second-order valence-electron chi connectivity index (χ2n) is 3.58. The van der Waals surface area contributed by atoms with Crippen LogP contribution in [-0.2, 0) is 4.74 Å². The molecule has 0 aliphatic carbocycles. The molecule has 1 rings (SSSR count). The molecule has 0 aliphatic rings. The molecule has 0 bridgehead atoms. The van der Waals surface area contributed by atoms with Crippen LogP contribution in [0.2, 0.25) is 0 Å². The molecule has 3 nitrogen and oxygen atoms in total. The van der Waals surface area contributed by atoms with Crippen molar-refractivity contribution in [3.05, 3.63) is 42.5 Å². The van der Waals surface area contributed by atoms with E-state index in [4.69, 9.17) is 9.47 Å². The summed E-state index contributed by atoms with van der Waals surface area (Å²) >= 11 is 0. The first-order valence-corrected chi connectivity index (χ1v) is 5.73. The molecule has 0 aromatic heterocycles. The van der Waals surface area contributed by atoms with Crippen molar-refractivity contribution in [2.24, 2.45) is 0 Å². The van der Waals surface area contributed by atoms with Crippen LogP contribution in [0.1, 0.15) is 23.2 Å². The van der Waals surface area contributed by atoms with Crippen molar-refractivity contribution in [3.8, 4) is 5.75 Å². The lowest BCUT2D eigenvalue weighted by atomic mass is 10.2. The molecule has 0 radical (unpaired) electrons. The van der Waals surface area contributed by atoms with Gasteiger partial charge in [-0.05, 0) is 37.1 Å². The Morgan fingerprint density at radius 1 is 1.12 bits per heavy atom. The van der Waals surface area contributed by atoms with E-state index in [0.29, 0.717) is 18.8 Å². The first-order valence-electron chi connectivity index (χ1n) is 5.73. The maximum absolute atomic E-state index is 10.4. The fraction of sp³-hybridized carbons (Fsp3) is 0.357. The van der Waals surface area contributed by atoms with Crippen LogP contribution in [0, 0.1) is 0 Å². The van der Waals surface area contributed by atoms with Gasteiger partial charge in [0, 0.05) is 12.2 Å². The lowest BCUT2D eigenvalue weighted by Gasteiger charge is -2.06. The zero-order valence-electron chi connectivity index (χ0n) is 9.93. The van der Waals surface area contributed by atoms with E-state index in [-0.39, 0.29) is 0 Å². The van der Waals surface area contributed by atoms with E-state index >= 15 is 0 Å². The highest BCUT2D eigenvalue weighted by atomic mass is 16.5. The minimum atomic E-state index is 0.522. The first-order chi connectivity index (χ1) is 8.36. The summed E-state index contributed by atoms with van der Waals surface area (Å²) in [5.74, 6) is 0.755. The molecule has 0 N–H and O–H groups in total. The molecule has 0 spiro atoms. The number of hydrogen-bond acceptors (Lipinski definition) is 3. The molecule has 0 amide bonds. The van der Waals surface area contributed by atoms with Gasteiger partial charge >= 0.3 is 0 Å². The zero-order chi connectivity index (χ0) is 12.3. The normalized spacial score (nSPS) is 9.88. The molecule has 1 aromatic carbocycles. The van der Waals surface area contributed by atoms with Gasteiger partial charge in [-0.25, -0.2) is 0 Å². The highest BCUT2D eigenvalue weighted by Gasteiger charge is 1.94. The monoisotopic (exact) mass is 234 g/mol. The van der Waals surface area contributed by atoms with Gasteiger partial charge in [0.25, 0.3) is 0 Å². The van der Waals surface area contributed by atoms with E-state index in [2.05, 4.69) is 6.58 Å². The maximum Gasteiger partial charge on any atom is 0.150 e. The average molecular weight is 234 g/mol. The predicted octanol–water partition coefficient (Wildman–Crippen LogP) is 2.86. The number of ether oxygens (including phenoxy) is 2. The Balaban J connectivity index is 2.09. The molecule has 0 fully saturated rings. The SMILES string of the molecule is C=CCCCOCCOc1ccc(C=O)cc1. The quantitative estimate of drug-likeness (QED) is 0.374. The van der Waals surface area contributed by atoms with Gasteiger partial charge in [-0.1, -0.05) is 6.08 Å². The number of allylic oxidation sites excluding steroid dienone is 1. The van der Waals surface area contributed by atoms with E-state index in [1.807, 2.05) is 6.08 Å². The van der Waals surface area contributed by atoms with E-state index in [1.165, 1.54) is 0 Å². The lowest BCUT2D eigenvalue weighted by Crippen LogP contribution is -2.07. The van der Waals surface area contributed by atoms with E-state index in [9.17, 15) is 4.79 Å². The molecule has 0 aliphatic heterocycles. The van der Waals surface area contributed by atoms with Crippen molar-refractivity contribution < 1.29 is 14.3 Å². The molecule has 3 heteroatoms. The summed E-state index contributed by atoms with van der Waals surface area (Å²) in [6.07, 6.45) is 4.67. The van der Waals surface area contributed by atoms with Gasteiger partial charge in [0.15, 0.2) is 0 Å². The largest absolute Gasteiger partial charge is 0.491 e. The molecule has 1 aromatic rings. The number of rotatable bonds is 9. The third kappa shape index (κ3) is 5.88. The molecular weight excluding hydrogens is 216 g/mol. The number of carbonyl (C=O) groups is 1. The number of aldehydes is 1. The minimum absolute atomic E-state index is 0.522. The van der Waals surface area contributed by atoms with Crippen molar-refractivity contribution in [1.82, 2.24) is 0 Å². The second-order valence-corrected chi connectivity index (χ2v) is 3.58. The van der Waals surface area contributed by atoms with Crippen molar-refractivity contribution in [2.75, 3.05) is 19.8 Å². The second kappa shape index (κ2) is 8.53. The van der Waals surface area contributed by atoms with E-state index in [0.717, 1.165) is 31.5 Å². The summed E-state index contributed by atoms with van der Waals surface area (Å²) in [6, 6.07) is 7.02. The van der Waals surface area contributed by atoms with Crippen LogP contribution < -0.4 is 4.74 Å². The Hall–Kier alpha value is -1.61. The summed E-state index contributed by atoms with van der Waals surface area (Å²) in [7, 11) is 0. The van der Waals surface area contributed by atoms with Gasteiger partial charge in [0.2, 0.25) is 0 Å². The average Bonchev–Trinajstić information content (AvgIpc) is 2.38. The molecule has 0 atom stereocenters. The summed E-state index contributed by atoms with van der Waals surface area (Å²) in [5, 5.41) is 0.